The van der Waals surface area contributed by atoms with Gasteiger partial charge < -0.3 is 15.1 Å². The number of nitrogens with zero attached hydrogens (tertiary/aromatic N) is 1. The van der Waals surface area contributed by atoms with Gasteiger partial charge in [0.15, 0.2) is 6.10 Å². The summed E-state index contributed by atoms with van der Waals surface area (Å²) in [6.07, 6.45) is -1.27. The molecule has 3 aromatic carbocycles. The molecule has 0 bridgehead atoms. The Hall–Kier alpha value is -3.11. The molecule has 3 aromatic rings. The Bertz CT molecular complexity index is 806. The van der Waals surface area contributed by atoms with Gasteiger partial charge in [-0.3, -0.25) is 0 Å². The van der Waals surface area contributed by atoms with E-state index in [4.69, 9.17) is 5.11 Å². The zero-order valence-electron chi connectivity index (χ0n) is 15.0. The predicted molar refractivity (Wildman–Crippen MR) is 107 cm³/mol. The lowest BCUT2D eigenvalue weighted by atomic mass is 10.1. The number of carbonyl (C=O) groups is 1. The summed E-state index contributed by atoms with van der Waals surface area (Å²) in [5, 5.41) is 18.4. The van der Waals surface area contributed by atoms with Crippen molar-refractivity contribution in [2.75, 3.05) is 4.90 Å². The Morgan fingerprint density at radius 2 is 1.22 bits per heavy atom. The highest BCUT2D eigenvalue weighted by Crippen LogP contribution is 2.21. The molecule has 0 fully saturated rings. The van der Waals surface area contributed by atoms with Crippen molar-refractivity contribution in [2.45, 2.75) is 25.6 Å². The molecule has 0 unspecified atom stereocenters. The van der Waals surface area contributed by atoms with E-state index in [1.165, 1.54) is 11.1 Å². The van der Waals surface area contributed by atoms with E-state index < -0.39 is 12.1 Å². The minimum atomic E-state index is -1.37. The standard InChI is InChI=1S/C23H23NO3/c25-22(23(26)27)15-18-11-13-21(14-12-18)24(16-19-7-3-1-4-8-19)17-20-9-5-2-6-10-20/h1-14,22,25H,15-17H2,(H,26,27)/t22-/m0/s1. The average molecular weight is 361 g/mol. The summed E-state index contributed by atoms with van der Waals surface area (Å²) in [5.41, 5.74) is 4.29. The van der Waals surface area contributed by atoms with Gasteiger partial charge in [0.1, 0.15) is 0 Å². The van der Waals surface area contributed by atoms with Crippen LogP contribution in [0.3, 0.4) is 0 Å². The normalized spacial score (nSPS) is 11.7. The molecule has 27 heavy (non-hydrogen) atoms. The van der Waals surface area contributed by atoms with Gasteiger partial charge in [0.2, 0.25) is 0 Å². The molecule has 138 valence electrons. The first-order valence-electron chi connectivity index (χ1n) is 8.94. The van der Waals surface area contributed by atoms with Crippen molar-refractivity contribution in [3.05, 3.63) is 102 Å². The molecule has 0 aromatic heterocycles. The Labute approximate surface area is 159 Å². The molecule has 0 aliphatic rings. The van der Waals surface area contributed by atoms with Gasteiger partial charge in [0.25, 0.3) is 0 Å². The highest BCUT2D eigenvalue weighted by Gasteiger charge is 2.14. The molecular weight excluding hydrogens is 338 g/mol. The number of rotatable bonds is 8. The van der Waals surface area contributed by atoms with Crippen molar-refractivity contribution in [3.8, 4) is 0 Å². The number of benzene rings is 3. The van der Waals surface area contributed by atoms with Gasteiger partial charge in [-0.15, -0.1) is 0 Å². The fourth-order valence-corrected chi connectivity index (χ4v) is 3.00. The molecule has 0 radical (unpaired) electrons. The predicted octanol–water partition coefficient (Wildman–Crippen LogP) is 3.88. The fourth-order valence-electron chi connectivity index (χ4n) is 3.00. The lowest BCUT2D eigenvalue weighted by Gasteiger charge is -2.25. The molecule has 0 amide bonds. The smallest absolute Gasteiger partial charge is 0.332 e. The highest BCUT2D eigenvalue weighted by atomic mass is 16.4. The Kier molecular flexibility index (Phi) is 6.23. The van der Waals surface area contributed by atoms with Crippen molar-refractivity contribution in [2.24, 2.45) is 0 Å². The van der Waals surface area contributed by atoms with Crippen LogP contribution in [0.2, 0.25) is 0 Å². The molecule has 2 N–H and O–H groups in total. The molecule has 1 atom stereocenters. The Morgan fingerprint density at radius 3 is 1.67 bits per heavy atom. The van der Waals surface area contributed by atoms with Crippen LogP contribution in [0.4, 0.5) is 5.69 Å². The van der Waals surface area contributed by atoms with Gasteiger partial charge in [-0.05, 0) is 28.8 Å². The molecule has 0 saturated carbocycles. The van der Waals surface area contributed by atoms with Gasteiger partial charge in [-0.25, -0.2) is 4.79 Å². The maximum atomic E-state index is 10.8. The van der Waals surface area contributed by atoms with Crippen molar-refractivity contribution in [1.29, 1.82) is 0 Å². The minimum Gasteiger partial charge on any atom is -0.479 e. The number of carboxylic acids is 1. The van der Waals surface area contributed by atoms with Crippen LogP contribution in [0.1, 0.15) is 16.7 Å². The number of aliphatic hydroxyl groups is 1. The summed E-state index contributed by atoms with van der Waals surface area (Å²) in [6, 6.07) is 28.3. The van der Waals surface area contributed by atoms with E-state index in [0.29, 0.717) is 0 Å². The van der Waals surface area contributed by atoms with Gasteiger partial charge in [-0.1, -0.05) is 72.8 Å². The van der Waals surface area contributed by atoms with Crippen molar-refractivity contribution >= 4 is 11.7 Å². The van der Waals surface area contributed by atoms with E-state index in [9.17, 15) is 9.90 Å². The van der Waals surface area contributed by atoms with E-state index >= 15 is 0 Å². The van der Waals surface area contributed by atoms with Crippen LogP contribution < -0.4 is 4.90 Å². The molecule has 0 heterocycles. The molecule has 4 heteroatoms. The number of carboxylic acid groups (broad SMARTS) is 1. The molecule has 0 saturated heterocycles. The second-order valence-corrected chi connectivity index (χ2v) is 6.55. The second kappa shape index (κ2) is 9.01. The third-order valence-electron chi connectivity index (χ3n) is 4.45. The zero-order chi connectivity index (χ0) is 19.1. The molecule has 4 nitrogen and oxygen atoms in total. The highest BCUT2D eigenvalue weighted by molar-refractivity contribution is 5.72. The minimum absolute atomic E-state index is 0.104. The summed E-state index contributed by atoms with van der Waals surface area (Å²) in [6.45, 7) is 1.54. The van der Waals surface area contributed by atoms with Crippen LogP contribution in [0, 0.1) is 0 Å². The number of aliphatic carboxylic acids is 1. The molecule has 3 rings (SSSR count). The quantitative estimate of drug-likeness (QED) is 0.639. The van der Waals surface area contributed by atoms with Crippen LogP contribution in [-0.4, -0.2) is 22.3 Å². The fraction of sp³-hybridized carbons (Fsp3) is 0.174. The molecule has 0 aliphatic heterocycles. The van der Waals surface area contributed by atoms with E-state index in [1.54, 1.807) is 0 Å². The van der Waals surface area contributed by atoms with Crippen molar-refractivity contribution < 1.29 is 15.0 Å². The lowest BCUT2D eigenvalue weighted by Crippen LogP contribution is -2.23. The maximum absolute atomic E-state index is 10.8. The third kappa shape index (κ3) is 5.43. The molecule has 0 spiro atoms. The summed E-state index contributed by atoms with van der Waals surface area (Å²) in [7, 11) is 0. The first kappa shape index (κ1) is 18.7. The lowest BCUT2D eigenvalue weighted by molar-refractivity contribution is -0.146. The third-order valence-corrected chi connectivity index (χ3v) is 4.45. The first-order valence-corrected chi connectivity index (χ1v) is 8.94. The van der Waals surface area contributed by atoms with E-state index in [1.807, 2.05) is 60.7 Å². The first-order chi connectivity index (χ1) is 13.1. The average Bonchev–Trinajstić information content (AvgIpc) is 2.69. The van der Waals surface area contributed by atoms with E-state index in [2.05, 4.69) is 29.2 Å². The van der Waals surface area contributed by atoms with E-state index in [0.717, 1.165) is 24.3 Å². The second-order valence-electron chi connectivity index (χ2n) is 6.55. The maximum Gasteiger partial charge on any atom is 0.332 e. The largest absolute Gasteiger partial charge is 0.479 e. The Balaban J connectivity index is 1.80. The topological polar surface area (TPSA) is 60.8 Å². The van der Waals surface area contributed by atoms with Gasteiger partial charge in [0.05, 0.1) is 0 Å². The number of hydrogen-bond donors (Lipinski definition) is 2. The van der Waals surface area contributed by atoms with Gasteiger partial charge in [-0.2, -0.15) is 0 Å². The summed E-state index contributed by atoms with van der Waals surface area (Å²) < 4.78 is 0. The SMILES string of the molecule is O=C(O)[C@@H](O)Cc1ccc(N(Cc2ccccc2)Cc2ccccc2)cc1. The summed E-state index contributed by atoms with van der Waals surface area (Å²) in [5.74, 6) is -1.20. The zero-order valence-corrected chi connectivity index (χ0v) is 15.0. The van der Waals surface area contributed by atoms with Crippen LogP contribution in [0.15, 0.2) is 84.9 Å². The van der Waals surface area contributed by atoms with Crippen LogP contribution in [0.25, 0.3) is 0 Å². The van der Waals surface area contributed by atoms with Crippen molar-refractivity contribution in [3.63, 3.8) is 0 Å². The van der Waals surface area contributed by atoms with Crippen LogP contribution >= 0.6 is 0 Å². The van der Waals surface area contributed by atoms with Crippen LogP contribution in [0.5, 0.6) is 0 Å². The van der Waals surface area contributed by atoms with Crippen molar-refractivity contribution in [1.82, 2.24) is 0 Å². The molecule has 0 aliphatic carbocycles. The monoisotopic (exact) mass is 361 g/mol. The summed E-state index contributed by atoms with van der Waals surface area (Å²) >= 11 is 0. The number of anilines is 1. The van der Waals surface area contributed by atoms with Crippen LogP contribution in [-0.2, 0) is 24.3 Å². The van der Waals surface area contributed by atoms with Gasteiger partial charge in [0, 0.05) is 25.2 Å². The van der Waals surface area contributed by atoms with E-state index in [-0.39, 0.29) is 6.42 Å². The number of hydrogen-bond acceptors (Lipinski definition) is 3. The van der Waals surface area contributed by atoms with Gasteiger partial charge >= 0.3 is 5.97 Å². The Morgan fingerprint density at radius 1 is 0.741 bits per heavy atom. The summed E-state index contributed by atoms with van der Waals surface area (Å²) in [4.78, 5) is 13.1. The number of aliphatic hydroxyl groups excluding tert-OH is 1. The molecular formula is C23H23NO3.